The number of aliphatic carboxylic acids is 3. The molecule has 3 saturated heterocycles. The molecule has 11 N–H and O–H groups in total. The van der Waals surface area contributed by atoms with Crippen molar-refractivity contribution in [3.8, 4) is 0 Å². The number of hydrogen-bond acceptors (Lipinski definition) is 13. The van der Waals surface area contributed by atoms with Crippen molar-refractivity contribution in [3.63, 3.8) is 0 Å². The highest BCUT2D eigenvalue weighted by Gasteiger charge is 2.39. The summed E-state index contributed by atoms with van der Waals surface area (Å²) in [6, 6.07) is 16.4. The molecule has 2 unspecified atom stereocenters. The van der Waals surface area contributed by atoms with Crippen LogP contribution in [0.2, 0.25) is 0 Å². The topological polar surface area (TPSA) is 297 Å². The lowest BCUT2D eigenvalue weighted by molar-refractivity contribution is -0.453. The zero-order valence-electron chi connectivity index (χ0n) is 27.6. The number of aliphatic hydroxyl groups excluding tert-OH is 2. The first-order valence-electron chi connectivity index (χ1n) is 15.2. The van der Waals surface area contributed by atoms with Gasteiger partial charge in [0.2, 0.25) is 0 Å². The van der Waals surface area contributed by atoms with Gasteiger partial charge in [-0.2, -0.15) is 0 Å². The Hall–Kier alpha value is -4.13. The van der Waals surface area contributed by atoms with Gasteiger partial charge in [-0.05, 0) is 24.5 Å². The minimum Gasteiger partial charge on any atom is -0.547 e. The number of aliphatic hydroxyl groups is 2. The van der Waals surface area contributed by atoms with Crippen LogP contribution in [-0.4, -0.2) is 106 Å². The third kappa shape index (κ3) is 14.5. The Labute approximate surface area is 283 Å². The van der Waals surface area contributed by atoms with E-state index in [2.05, 4.69) is 5.73 Å². The first kappa shape index (κ1) is 42.9. The molecule has 3 aliphatic heterocycles. The Bertz CT molecular complexity index is 1210. The third-order valence-electron chi connectivity index (χ3n) is 7.77. The Morgan fingerprint density at radius 2 is 1.10 bits per heavy atom. The number of carboxylic acid groups (broad SMARTS) is 3. The first-order chi connectivity index (χ1) is 22.9. The summed E-state index contributed by atoms with van der Waals surface area (Å²) in [5, 5.41) is 44.9. The lowest BCUT2D eigenvalue weighted by Gasteiger charge is -2.16. The molecule has 0 spiro atoms. The molecule has 0 aliphatic carbocycles. The van der Waals surface area contributed by atoms with Crippen LogP contribution in [0, 0.1) is 0 Å². The second-order valence-electron chi connectivity index (χ2n) is 11.7. The van der Waals surface area contributed by atoms with Crippen LogP contribution in [0.15, 0.2) is 60.7 Å². The molecule has 0 saturated carbocycles. The molecular formula is C33H47N3O13. The van der Waals surface area contributed by atoms with Crippen LogP contribution in [0.25, 0.3) is 0 Å². The second-order valence-corrected chi connectivity index (χ2v) is 11.7. The van der Waals surface area contributed by atoms with Gasteiger partial charge in [-0.1, -0.05) is 60.7 Å². The van der Waals surface area contributed by atoms with E-state index >= 15 is 0 Å². The number of Topliss-reactive ketones (excluding diaryl/α,β-unsaturated/α-hetero) is 2. The maximum absolute atomic E-state index is 10.8. The van der Waals surface area contributed by atoms with Gasteiger partial charge in [0.25, 0.3) is 0 Å². The number of carbonyl (C=O) groups excluding carboxylic acids is 3. The summed E-state index contributed by atoms with van der Waals surface area (Å²) in [5.41, 5.74) is 13.3. The van der Waals surface area contributed by atoms with Gasteiger partial charge in [-0.25, -0.2) is 4.79 Å². The van der Waals surface area contributed by atoms with Gasteiger partial charge in [0, 0.05) is 33.0 Å². The zero-order chi connectivity index (χ0) is 37.3. The number of hydrogen-bond donors (Lipinski definition) is 7. The number of carbonyl (C=O) groups is 5. The van der Waals surface area contributed by atoms with Crippen LogP contribution in [0.4, 0.5) is 0 Å². The molecule has 272 valence electrons. The molecule has 0 bridgehead atoms. The fourth-order valence-electron chi connectivity index (χ4n) is 4.04. The maximum atomic E-state index is 10.8. The predicted molar refractivity (Wildman–Crippen MR) is 170 cm³/mol. The SMILES string of the molecule is CC(=O)C1(N)CCOC1.CC(=O)[C@]1([NH3+])CCOC1.NC1(C(=O)O)CCOC1.O=C(O)[C@@H](O)c1ccccc1.O=C([O-])[C@@H](O)c1ccccc1. The Kier molecular flexibility index (Phi) is 17.9. The molecule has 3 heterocycles. The number of nitrogens with two attached hydrogens (primary N) is 2. The molecule has 2 aromatic carbocycles. The summed E-state index contributed by atoms with van der Waals surface area (Å²) in [7, 11) is 0. The molecule has 49 heavy (non-hydrogen) atoms. The van der Waals surface area contributed by atoms with Crippen LogP contribution in [0.5, 0.6) is 0 Å². The van der Waals surface area contributed by atoms with Crippen LogP contribution < -0.4 is 22.3 Å². The van der Waals surface area contributed by atoms with Crippen molar-refractivity contribution in [2.24, 2.45) is 11.5 Å². The number of benzene rings is 2. The highest BCUT2D eigenvalue weighted by molar-refractivity contribution is 5.86. The molecule has 3 fully saturated rings. The molecule has 0 radical (unpaired) electrons. The second kappa shape index (κ2) is 20.4. The lowest BCUT2D eigenvalue weighted by Crippen LogP contribution is -2.76. The van der Waals surface area contributed by atoms with E-state index in [1.54, 1.807) is 55.5 Å². The summed E-state index contributed by atoms with van der Waals surface area (Å²) in [4.78, 5) is 52.3. The Morgan fingerprint density at radius 1 is 0.694 bits per heavy atom. The van der Waals surface area contributed by atoms with E-state index in [9.17, 15) is 29.1 Å². The molecular weight excluding hydrogens is 646 g/mol. The predicted octanol–water partition coefficient (Wildman–Crippen LogP) is -1.87. The zero-order valence-corrected chi connectivity index (χ0v) is 27.6. The largest absolute Gasteiger partial charge is 0.547 e. The quantitative estimate of drug-likeness (QED) is 0.167. The average molecular weight is 694 g/mol. The van der Waals surface area contributed by atoms with E-state index in [1.165, 1.54) is 19.1 Å². The van der Waals surface area contributed by atoms with Crippen LogP contribution in [0.3, 0.4) is 0 Å². The van der Waals surface area contributed by atoms with Crippen molar-refractivity contribution in [2.45, 2.75) is 61.9 Å². The average Bonchev–Trinajstić information content (AvgIpc) is 3.85. The van der Waals surface area contributed by atoms with Crippen molar-refractivity contribution in [2.75, 3.05) is 39.6 Å². The summed E-state index contributed by atoms with van der Waals surface area (Å²) in [6.45, 7) is 5.88. The Morgan fingerprint density at radius 3 is 1.35 bits per heavy atom. The van der Waals surface area contributed by atoms with Crippen molar-refractivity contribution in [1.82, 2.24) is 0 Å². The highest BCUT2D eigenvalue weighted by Crippen LogP contribution is 2.16. The number of carboxylic acids is 3. The van der Waals surface area contributed by atoms with Gasteiger partial charge in [-0.3, -0.25) is 14.4 Å². The van der Waals surface area contributed by atoms with Gasteiger partial charge >= 0.3 is 11.9 Å². The monoisotopic (exact) mass is 693 g/mol. The fourth-order valence-corrected chi connectivity index (χ4v) is 4.04. The van der Waals surface area contributed by atoms with Crippen molar-refractivity contribution >= 4 is 29.5 Å². The standard InChI is InChI=1S/2C8H8O3.2C6H11NO2.C5H9NO3/c2*9-7(8(10)11)6-4-2-1-3-5-6;2*1-5(8)6(7)2-3-9-4-6;6-5(4(7)8)1-2-9-3-5/h2*1-5,7,9H,(H,10,11);2*2-4,7H2,1H3;1-3,6H2,(H,7,8)/t2*7-;6-;;/m000../s1. The number of rotatable bonds is 7. The molecule has 0 aromatic heterocycles. The lowest BCUT2D eigenvalue weighted by atomic mass is 9.96. The summed E-state index contributed by atoms with van der Waals surface area (Å²) < 4.78 is 14.8. The number of ether oxygens (including phenoxy) is 3. The summed E-state index contributed by atoms with van der Waals surface area (Å²) in [5.74, 6) is -3.51. The maximum Gasteiger partial charge on any atom is 0.337 e. The molecule has 5 atom stereocenters. The molecule has 3 aliphatic rings. The minimum atomic E-state index is -1.52. The van der Waals surface area contributed by atoms with Gasteiger partial charge in [0.1, 0.15) is 23.8 Å². The van der Waals surface area contributed by atoms with Crippen LogP contribution in [0.1, 0.15) is 56.4 Å². The van der Waals surface area contributed by atoms with E-state index in [0.29, 0.717) is 57.0 Å². The van der Waals surface area contributed by atoms with Gasteiger partial charge in [-0.15, -0.1) is 0 Å². The number of ketones is 2. The van der Waals surface area contributed by atoms with E-state index in [0.717, 1.165) is 6.42 Å². The normalized spacial score (nSPS) is 24.8. The molecule has 2 aromatic rings. The molecule has 16 heteroatoms. The van der Waals surface area contributed by atoms with Crippen molar-refractivity contribution in [3.05, 3.63) is 71.8 Å². The van der Waals surface area contributed by atoms with Gasteiger partial charge in [0.15, 0.2) is 23.2 Å². The summed E-state index contributed by atoms with van der Waals surface area (Å²) >= 11 is 0. The third-order valence-corrected chi connectivity index (χ3v) is 7.77. The van der Waals surface area contributed by atoms with Crippen LogP contribution >= 0.6 is 0 Å². The van der Waals surface area contributed by atoms with Crippen LogP contribution in [-0.2, 0) is 38.2 Å². The smallest absolute Gasteiger partial charge is 0.337 e. The van der Waals surface area contributed by atoms with Gasteiger partial charge in [0.05, 0.1) is 25.8 Å². The molecule has 16 nitrogen and oxygen atoms in total. The summed E-state index contributed by atoms with van der Waals surface area (Å²) in [6.07, 6.45) is -1.06. The van der Waals surface area contributed by atoms with E-state index < -0.39 is 46.7 Å². The highest BCUT2D eigenvalue weighted by atomic mass is 16.5. The van der Waals surface area contributed by atoms with Gasteiger partial charge < -0.3 is 61.7 Å². The minimum absolute atomic E-state index is 0.0278. The molecule has 5 rings (SSSR count). The van der Waals surface area contributed by atoms with E-state index in [-0.39, 0.29) is 18.2 Å². The fraction of sp³-hybridized carbons (Fsp3) is 0.485. The van der Waals surface area contributed by atoms with E-state index in [1.807, 2.05) is 0 Å². The first-order valence-corrected chi connectivity index (χ1v) is 15.2. The molecule has 0 amide bonds. The van der Waals surface area contributed by atoms with E-state index in [4.69, 9.17) is 46.1 Å². The van der Waals surface area contributed by atoms with Crippen molar-refractivity contribution in [1.29, 1.82) is 0 Å². The Balaban J connectivity index is 0.000000307. The number of quaternary nitrogens is 1. The van der Waals surface area contributed by atoms with Crippen molar-refractivity contribution < 1.29 is 69.4 Å².